The van der Waals surface area contributed by atoms with Crippen LogP contribution in [0.3, 0.4) is 0 Å². The zero-order valence-corrected chi connectivity index (χ0v) is 7.17. The smallest absolute Gasteiger partial charge is 0.0745 e. The molecule has 2 unspecified atom stereocenters. The maximum Gasteiger partial charge on any atom is 0.0745 e. The predicted molar refractivity (Wildman–Crippen MR) is 50.2 cm³/mol. The van der Waals surface area contributed by atoms with E-state index in [-0.39, 0.29) is 0 Å². The first-order valence-corrected chi connectivity index (χ1v) is 5.12. The van der Waals surface area contributed by atoms with Crippen molar-refractivity contribution in [2.75, 3.05) is 11.5 Å². The lowest BCUT2D eigenvalue weighted by molar-refractivity contribution is 1.21. The summed E-state index contributed by atoms with van der Waals surface area (Å²) < 4.78 is 0. The third kappa shape index (κ3) is 1.90. The SMILES string of the molecule is C#CC1CSC(C#C)CS1. The van der Waals surface area contributed by atoms with Gasteiger partial charge in [-0.2, -0.15) is 0 Å². The molecule has 2 atom stereocenters. The summed E-state index contributed by atoms with van der Waals surface area (Å²) in [7, 11) is 0. The lowest BCUT2D eigenvalue weighted by Gasteiger charge is -2.20. The van der Waals surface area contributed by atoms with E-state index >= 15 is 0 Å². The van der Waals surface area contributed by atoms with Gasteiger partial charge in [0.2, 0.25) is 0 Å². The van der Waals surface area contributed by atoms with Crippen LogP contribution in [0.2, 0.25) is 0 Å². The summed E-state index contributed by atoms with van der Waals surface area (Å²) in [6.07, 6.45) is 10.5. The van der Waals surface area contributed by atoms with Crippen molar-refractivity contribution in [3.05, 3.63) is 0 Å². The Bertz CT molecular complexity index is 154. The second-order valence-electron chi connectivity index (χ2n) is 1.98. The van der Waals surface area contributed by atoms with E-state index in [1.54, 1.807) is 23.5 Å². The van der Waals surface area contributed by atoms with Crippen LogP contribution in [0, 0.1) is 24.7 Å². The highest BCUT2D eigenvalue weighted by molar-refractivity contribution is 8.07. The van der Waals surface area contributed by atoms with Gasteiger partial charge in [0.25, 0.3) is 0 Å². The van der Waals surface area contributed by atoms with Crippen LogP contribution >= 0.6 is 23.5 Å². The highest BCUT2D eigenvalue weighted by Crippen LogP contribution is 2.28. The van der Waals surface area contributed by atoms with Crippen molar-refractivity contribution >= 4 is 23.5 Å². The second-order valence-corrected chi connectivity index (χ2v) is 4.45. The predicted octanol–water partition coefficient (Wildman–Crippen LogP) is 1.47. The number of hydrogen-bond acceptors (Lipinski definition) is 2. The molecular weight excluding hydrogens is 160 g/mol. The molecule has 0 nitrogen and oxygen atoms in total. The molecular formula is C8H8S2. The zero-order chi connectivity index (χ0) is 7.40. The monoisotopic (exact) mass is 168 g/mol. The molecule has 0 bridgehead atoms. The van der Waals surface area contributed by atoms with Gasteiger partial charge in [0.15, 0.2) is 0 Å². The number of terminal acetylenes is 2. The summed E-state index contributed by atoms with van der Waals surface area (Å²) in [5, 5.41) is 0.768. The summed E-state index contributed by atoms with van der Waals surface area (Å²) in [4.78, 5) is 0. The minimum absolute atomic E-state index is 0.384. The molecule has 1 saturated heterocycles. The Hall–Kier alpha value is -0.180. The third-order valence-electron chi connectivity index (χ3n) is 1.27. The van der Waals surface area contributed by atoms with Crippen LogP contribution < -0.4 is 0 Å². The molecule has 0 aromatic rings. The largest absolute Gasteiger partial charge is 0.142 e. The molecule has 0 radical (unpaired) electrons. The van der Waals surface area contributed by atoms with E-state index in [9.17, 15) is 0 Å². The molecule has 0 spiro atoms. The highest BCUT2D eigenvalue weighted by Gasteiger charge is 2.18. The van der Waals surface area contributed by atoms with E-state index in [0.717, 1.165) is 11.5 Å². The summed E-state index contributed by atoms with van der Waals surface area (Å²) in [6.45, 7) is 0. The average Bonchev–Trinajstić information content (AvgIpc) is 2.05. The highest BCUT2D eigenvalue weighted by atomic mass is 32.2. The van der Waals surface area contributed by atoms with E-state index in [4.69, 9.17) is 12.8 Å². The first kappa shape index (κ1) is 7.92. The van der Waals surface area contributed by atoms with Crippen molar-refractivity contribution in [3.63, 3.8) is 0 Å². The summed E-state index contributed by atoms with van der Waals surface area (Å²) in [5.74, 6) is 7.46. The molecule has 0 aromatic carbocycles. The molecule has 1 rings (SSSR count). The fraction of sp³-hybridized carbons (Fsp3) is 0.500. The number of thioether (sulfide) groups is 2. The lowest BCUT2D eigenvalue weighted by atomic mass is 10.5. The van der Waals surface area contributed by atoms with Crippen LogP contribution in [0.5, 0.6) is 0 Å². The second kappa shape index (κ2) is 3.86. The van der Waals surface area contributed by atoms with Gasteiger partial charge in [-0.25, -0.2) is 0 Å². The normalized spacial score (nSPS) is 32.2. The van der Waals surface area contributed by atoms with Crippen LogP contribution in [-0.2, 0) is 0 Å². The molecule has 0 aromatic heterocycles. The van der Waals surface area contributed by atoms with Crippen LogP contribution in [0.4, 0.5) is 0 Å². The van der Waals surface area contributed by atoms with Crippen LogP contribution in [0.1, 0.15) is 0 Å². The molecule has 10 heavy (non-hydrogen) atoms. The van der Waals surface area contributed by atoms with Crippen LogP contribution in [0.15, 0.2) is 0 Å². The Labute approximate surface area is 70.5 Å². The fourth-order valence-corrected chi connectivity index (χ4v) is 3.14. The Kier molecular flexibility index (Phi) is 3.06. The van der Waals surface area contributed by atoms with Gasteiger partial charge in [0, 0.05) is 11.5 Å². The third-order valence-corrected chi connectivity index (χ3v) is 4.15. The molecule has 0 saturated carbocycles. The molecule has 0 amide bonds. The maximum atomic E-state index is 5.25. The Morgan fingerprint density at radius 3 is 1.60 bits per heavy atom. The first-order valence-electron chi connectivity index (χ1n) is 3.02. The summed E-state index contributed by atoms with van der Waals surface area (Å²) >= 11 is 3.59. The molecule has 2 heteroatoms. The van der Waals surface area contributed by atoms with Crippen molar-refractivity contribution in [2.24, 2.45) is 0 Å². The zero-order valence-electron chi connectivity index (χ0n) is 5.54. The van der Waals surface area contributed by atoms with Crippen molar-refractivity contribution in [1.29, 1.82) is 0 Å². The van der Waals surface area contributed by atoms with Gasteiger partial charge < -0.3 is 0 Å². The summed E-state index contributed by atoms with van der Waals surface area (Å²) in [6, 6.07) is 0. The Balaban J connectivity index is 2.34. The van der Waals surface area contributed by atoms with E-state index in [2.05, 4.69) is 11.8 Å². The number of rotatable bonds is 0. The van der Waals surface area contributed by atoms with Crippen molar-refractivity contribution in [3.8, 4) is 24.7 Å². The van der Waals surface area contributed by atoms with E-state index in [1.165, 1.54) is 0 Å². The van der Waals surface area contributed by atoms with Crippen molar-refractivity contribution in [2.45, 2.75) is 10.5 Å². The Morgan fingerprint density at radius 1 is 1.00 bits per heavy atom. The fourth-order valence-electron chi connectivity index (χ4n) is 0.696. The molecule has 1 aliphatic rings. The topological polar surface area (TPSA) is 0 Å². The van der Waals surface area contributed by atoms with Gasteiger partial charge in [-0.3, -0.25) is 0 Å². The van der Waals surface area contributed by atoms with Crippen LogP contribution in [-0.4, -0.2) is 22.0 Å². The summed E-state index contributed by atoms with van der Waals surface area (Å²) in [5.41, 5.74) is 0. The van der Waals surface area contributed by atoms with Gasteiger partial charge in [-0.1, -0.05) is 11.8 Å². The molecule has 52 valence electrons. The van der Waals surface area contributed by atoms with Gasteiger partial charge in [0.1, 0.15) is 0 Å². The quantitative estimate of drug-likeness (QED) is 0.502. The average molecular weight is 168 g/mol. The van der Waals surface area contributed by atoms with Gasteiger partial charge in [-0.15, -0.1) is 36.4 Å². The van der Waals surface area contributed by atoms with Crippen molar-refractivity contribution in [1.82, 2.24) is 0 Å². The van der Waals surface area contributed by atoms with E-state index in [0.29, 0.717) is 10.5 Å². The first-order chi connectivity index (χ1) is 4.86. The van der Waals surface area contributed by atoms with E-state index < -0.39 is 0 Å². The molecule has 0 N–H and O–H groups in total. The lowest BCUT2D eigenvalue weighted by Crippen LogP contribution is -2.18. The van der Waals surface area contributed by atoms with Gasteiger partial charge in [0.05, 0.1) is 10.5 Å². The molecule has 1 aliphatic heterocycles. The van der Waals surface area contributed by atoms with Crippen LogP contribution in [0.25, 0.3) is 0 Å². The molecule has 1 fully saturated rings. The van der Waals surface area contributed by atoms with Gasteiger partial charge >= 0.3 is 0 Å². The van der Waals surface area contributed by atoms with Crippen molar-refractivity contribution < 1.29 is 0 Å². The standard InChI is InChI=1S/C8H8S2/c1-3-7-5-10-8(4-2)6-9-7/h1-2,7-8H,5-6H2. The van der Waals surface area contributed by atoms with Gasteiger partial charge in [-0.05, 0) is 0 Å². The molecule has 1 heterocycles. The molecule has 0 aliphatic carbocycles. The maximum absolute atomic E-state index is 5.25. The minimum Gasteiger partial charge on any atom is -0.142 e. The van der Waals surface area contributed by atoms with E-state index in [1.807, 2.05) is 0 Å². The minimum atomic E-state index is 0.384. The Morgan fingerprint density at radius 2 is 1.40 bits per heavy atom. The number of hydrogen-bond donors (Lipinski definition) is 0.